The van der Waals surface area contributed by atoms with Crippen LogP contribution in [0.4, 0.5) is 5.00 Å². The highest BCUT2D eigenvalue weighted by molar-refractivity contribution is 7.15. The number of aryl methyl sites for hydroxylation is 3. The molecule has 3 aromatic rings. The smallest absolute Gasteiger partial charge is 0.341 e. The third kappa shape index (κ3) is 5.46. The van der Waals surface area contributed by atoms with Crippen molar-refractivity contribution in [2.75, 3.05) is 18.5 Å². The van der Waals surface area contributed by atoms with Gasteiger partial charge in [0.2, 0.25) is 0 Å². The molecule has 0 aliphatic heterocycles. The molecule has 5 nitrogen and oxygen atoms in total. The summed E-state index contributed by atoms with van der Waals surface area (Å²) in [5, 5.41) is 5.73. The second-order valence-electron chi connectivity index (χ2n) is 7.14. The average molecular weight is 458 g/mol. The van der Waals surface area contributed by atoms with Gasteiger partial charge in [-0.2, -0.15) is 0 Å². The highest BCUT2D eigenvalue weighted by Gasteiger charge is 2.23. The number of carbonyl (C=O) groups is 2. The number of esters is 1. The molecule has 0 radical (unpaired) electrons. The summed E-state index contributed by atoms with van der Waals surface area (Å²) in [6, 6.07) is 11.2. The number of hydrogen-bond acceptors (Lipinski definition) is 5. The Morgan fingerprint density at radius 3 is 2.48 bits per heavy atom. The SMILES string of the molecule is CCOC(=O)c1c(-c2ccc(C)cc2C)csc1NC(=O)COc1ccc(Cl)c(C)c1. The number of carbonyl (C=O) groups excluding carboxylic acids is 2. The Morgan fingerprint density at radius 1 is 1.03 bits per heavy atom. The molecule has 0 atom stereocenters. The first kappa shape index (κ1) is 22.8. The number of ether oxygens (including phenoxy) is 2. The Bertz CT molecular complexity index is 1120. The van der Waals surface area contributed by atoms with Gasteiger partial charge in [0.25, 0.3) is 5.91 Å². The molecule has 0 saturated heterocycles. The number of thiophene rings is 1. The topological polar surface area (TPSA) is 64.6 Å². The number of rotatable bonds is 7. The summed E-state index contributed by atoms with van der Waals surface area (Å²) in [5.74, 6) is -0.291. The van der Waals surface area contributed by atoms with E-state index >= 15 is 0 Å². The normalized spacial score (nSPS) is 10.6. The van der Waals surface area contributed by atoms with Crippen LogP contribution in [0.15, 0.2) is 41.8 Å². The van der Waals surface area contributed by atoms with Gasteiger partial charge in [-0.15, -0.1) is 11.3 Å². The Balaban J connectivity index is 1.83. The molecule has 1 aromatic heterocycles. The van der Waals surface area contributed by atoms with Crippen LogP contribution in [0.1, 0.15) is 34.0 Å². The van der Waals surface area contributed by atoms with Crippen LogP contribution in [0, 0.1) is 20.8 Å². The predicted molar refractivity (Wildman–Crippen MR) is 125 cm³/mol. The minimum absolute atomic E-state index is 0.194. The molecule has 1 heterocycles. The first-order valence-electron chi connectivity index (χ1n) is 9.85. The van der Waals surface area contributed by atoms with Gasteiger partial charge in [0.1, 0.15) is 16.3 Å². The molecular weight excluding hydrogens is 434 g/mol. The van der Waals surface area contributed by atoms with Gasteiger partial charge in [0, 0.05) is 16.0 Å². The third-order valence-corrected chi connectivity index (χ3v) is 6.01. The van der Waals surface area contributed by atoms with Gasteiger partial charge < -0.3 is 14.8 Å². The summed E-state index contributed by atoms with van der Waals surface area (Å²) in [4.78, 5) is 25.2. The predicted octanol–water partition coefficient (Wildman–Crippen LogP) is 6.19. The summed E-state index contributed by atoms with van der Waals surface area (Å²) in [6.07, 6.45) is 0. The Hall–Kier alpha value is -2.83. The summed E-state index contributed by atoms with van der Waals surface area (Å²) in [5.41, 5.74) is 5.07. The number of hydrogen-bond donors (Lipinski definition) is 1. The highest BCUT2D eigenvalue weighted by Crippen LogP contribution is 2.38. The number of benzene rings is 2. The lowest BCUT2D eigenvalue weighted by molar-refractivity contribution is -0.118. The summed E-state index contributed by atoms with van der Waals surface area (Å²) in [7, 11) is 0. The zero-order valence-electron chi connectivity index (χ0n) is 17.9. The number of nitrogens with one attached hydrogen (secondary N) is 1. The maximum absolute atomic E-state index is 12.7. The van der Waals surface area contributed by atoms with E-state index in [9.17, 15) is 9.59 Å². The molecule has 0 bridgehead atoms. The van der Waals surface area contributed by atoms with Crippen LogP contribution in [-0.4, -0.2) is 25.1 Å². The van der Waals surface area contributed by atoms with Crippen molar-refractivity contribution in [3.05, 3.63) is 69.1 Å². The molecule has 7 heteroatoms. The van der Waals surface area contributed by atoms with E-state index in [1.54, 1.807) is 25.1 Å². The van der Waals surface area contributed by atoms with Gasteiger partial charge in [-0.05, 0) is 62.6 Å². The Morgan fingerprint density at radius 2 is 1.81 bits per heavy atom. The van der Waals surface area contributed by atoms with Crippen LogP contribution in [0.5, 0.6) is 5.75 Å². The van der Waals surface area contributed by atoms with E-state index in [2.05, 4.69) is 11.4 Å². The van der Waals surface area contributed by atoms with Gasteiger partial charge in [-0.3, -0.25) is 4.79 Å². The lowest BCUT2D eigenvalue weighted by Gasteiger charge is -2.11. The van der Waals surface area contributed by atoms with Crippen molar-refractivity contribution < 1.29 is 19.1 Å². The first-order chi connectivity index (χ1) is 14.8. The van der Waals surface area contributed by atoms with Gasteiger partial charge in [-0.1, -0.05) is 35.4 Å². The van der Waals surface area contributed by atoms with Crippen molar-refractivity contribution >= 4 is 39.8 Å². The lowest BCUT2D eigenvalue weighted by Crippen LogP contribution is -2.21. The van der Waals surface area contributed by atoms with Crippen LogP contribution in [0.3, 0.4) is 0 Å². The van der Waals surface area contributed by atoms with Crippen molar-refractivity contribution in [1.29, 1.82) is 0 Å². The number of anilines is 1. The maximum atomic E-state index is 12.7. The fraction of sp³-hybridized carbons (Fsp3) is 0.250. The van der Waals surface area contributed by atoms with Crippen molar-refractivity contribution in [3.8, 4) is 16.9 Å². The Kier molecular flexibility index (Phi) is 7.36. The zero-order chi connectivity index (χ0) is 22.5. The molecule has 31 heavy (non-hydrogen) atoms. The van der Waals surface area contributed by atoms with Crippen LogP contribution in [-0.2, 0) is 9.53 Å². The summed E-state index contributed by atoms with van der Waals surface area (Å²) < 4.78 is 10.8. The molecule has 1 N–H and O–H groups in total. The molecule has 0 saturated carbocycles. The number of amides is 1. The molecular formula is C24H24ClNO4S. The van der Waals surface area contributed by atoms with E-state index in [-0.39, 0.29) is 19.1 Å². The summed E-state index contributed by atoms with van der Waals surface area (Å²) >= 11 is 7.31. The third-order valence-electron chi connectivity index (χ3n) is 4.69. The van der Waals surface area contributed by atoms with Gasteiger partial charge in [0.05, 0.1) is 6.61 Å². The monoisotopic (exact) mass is 457 g/mol. The second kappa shape index (κ2) is 9.98. The van der Waals surface area contributed by atoms with E-state index in [0.29, 0.717) is 21.3 Å². The molecule has 2 aromatic carbocycles. The van der Waals surface area contributed by atoms with E-state index in [0.717, 1.165) is 27.8 Å². The molecule has 0 unspecified atom stereocenters. The standard InChI is InChI=1S/C24H24ClNO4S/c1-5-29-24(28)22-19(18-8-6-14(2)10-15(18)3)13-31-23(22)26-21(27)12-30-17-7-9-20(25)16(4)11-17/h6-11,13H,5,12H2,1-4H3,(H,26,27). The van der Waals surface area contributed by atoms with Crippen molar-refractivity contribution in [1.82, 2.24) is 0 Å². The maximum Gasteiger partial charge on any atom is 0.341 e. The van der Waals surface area contributed by atoms with E-state index in [1.807, 2.05) is 38.3 Å². The summed E-state index contributed by atoms with van der Waals surface area (Å²) in [6.45, 7) is 7.68. The lowest BCUT2D eigenvalue weighted by atomic mass is 9.97. The van der Waals surface area contributed by atoms with Gasteiger partial charge >= 0.3 is 5.97 Å². The minimum Gasteiger partial charge on any atom is -0.484 e. The highest BCUT2D eigenvalue weighted by atomic mass is 35.5. The minimum atomic E-state index is -0.469. The molecule has 0 aliphatic rings. The van der Waals surface area contributed by atoms with E-state index < -0.39 is 5.97 Å². The quantitative estimate of drug-likeness (QED) is 0.430. The van der Waals surface area contributed by atoms with Crippen LogP contribution in [0.25, 0.3) is 11.1 Å². The van der Waals surface area contributed by atoms with Crippen molar-refractivity contribution in [2.45, 2.75) is 27.7 Å². The van der Waals surface area contributed by atoms with E-state index in [1.165, 1.54) is 11.3 Å². The molecule has 0 aliphatic carbocycles. The van der Waals surface area contributed by atoms with Crippen LogP contribution < -0.4 is 10.1 Å². The average Bonchev–Trinajstić information content (AvgIpc) is 3.12. The first-order valence-corrected chi connectivity index (χ1v) is 11.1. The molecule has 0 spiro atoms. The van der Waals surface area contributed by atoms with Gasteiger partial charge in [-0.25, -0.2) is 4.79 Å². The fourth-order valence-corrected chi connectivity index (χ4v) is 4.27. The largest absolute Gasteiger partial charge is 0.484 e. The molecule has 162 valence electrons. The van der Waals surface area contributed by atoms with Crippen molar-refractivity contribution in [3.63, 3.8) is 0 Å². The van der Waals surface area contributed by atoms with E-state index in [4.69, 9.17) is 21.1 Å². The molecule has 1 amide bonds. The molecule has 3 rings (SSSR count). The fourth-order valence-electron chi connectivity index (χ4n) is 3.19. The van der Waals surface area contributed by atoms with Crippen molar-refractivity contribution in [2.24, 2.45) is 0 Å². The number of halogens is 1. The Labute approximate surface area is 191 Å². The zero-order valence-corrected chi connectivity index (χ0v) is 19.4. The molecule has 0 fully saturated rings. The van der Waals surface area contributed by atoms with Crippen LogP contribution in [0.2, 0.25) is 5.02 Å². The van der Waals surface area contributed by atoms with Crippen LogP contribution >= 0.6 is 22.9 Å². The second-order valence-corrected chi connectivity index (χ2v) is 8.43. The van der Waals surface area contributed by atoms with Gasteiger partial charge in [0.15, 0.2) is 6.61 Å².